The highest BCUT2D eigenvalue weighted by Crippen LogP contribution is 2.43. The molecule has 2 aromatic heterocycles. The lowest BCUT2D eigenvalue weighted by atomic mass is 9.95. The van der Waals surface area contributed by atoms with Crippen LogP contribution in [0.15, 0.2) is 53.2 Å². The number of aromatic hydroxyl groups is 1. The van der Waals surface area contributed by atoms with E-state index < -0.39 is 11.3 Å². The summed E-state index contributed by atoms with van der Waals surface area (Å²) in [5.74, 6) is -0.169. The van der Waals surface area contributed by atoms with E-state index in [0.29, 0.717) is 26.0 Å². The maximum Gasteiger partial charge on any atom is 0.348 e. The zero-order valence-electron chi connectivity index (χ0n) is 12.8. The highest BCUT2D eigenvalue weighted by atomic mass is 79.9. The van der Waals surface area contributed by atoms with Gasteiger partial charge in [-0.1, -0.05) is 18.2 Å². The fourth-order valence-electron chi connectivity index (χ4n) is 3.58. The quantitative estimate of drug-likeness (QED) is 0.238. The summed E-state index contributed by atoms with van der Waals surface area (Å²) in [6, 6.07) is 8.56. The predicted octanol–water partition coefficient (Wildman–Crippen LogP) is 4.42. The van der Waals surface area contributed by atoms with Gasteiger partial charge in [-0.3, -0.25) is 0 Å². The van der Waals surface area contributed by atoms with Gasteiger partial charge in [-0.15, -0.1) is 0 Å². The van der Waals surface area contributed by atoms with E-state index in [4.69, 9.17) is 8.83 Å². The van der Waals surface area contributed by atoms with Crippen molar-refractivity contribution < 1.29 is 13.9 Å². The molecule has 5 nitrogen and oxygen atoms in total. The van der Waals surface area contributed by atoms with Crippen LogP contribution in [0.1, 0.15) is 5.56 Å². The minimum absolute atomic E-state index is 0.0208. The Morgan fingerprint density at radius 2 is 1.64 bits per heavy atom. The molecule has 2 heterocycles. The summed E-state index contributed by atoms with van der Waals surface area (Å²) in [4.78, 5) is 25.1. The summed E-state index contributed by atoms with van der Waals surface area (Å²) in [5.41, 5.74) is 0.193. The van der Waals surface area contributed by atoms with Gasteiger partial charge >= 0.3 is 11.3 Å². The average molecular weight is 397 g/mol. The molecule has 0 saturated carbocycles. The Bertz CT molecular complexity index is 1460. The molecule has 0 aliphatic carbocycles. The van der Waals surface area contributed by atoms with Gasteiger partial charge in [-0.2, -0.15) is 0 Å². The molecule has 0 aliphatic heterocycles. The molecule has 3 aromatic carbocycles. The van der Waals surface area contributed by atoms with Crippen LogP contribution in [0.2, 0.25) is 0 Å². The number of halogens is 1. The lowest BCUT2D eigenvalue weighted by molar-refractivity contribution is 0.483. The van der Waals surface area contributed by atoms with Crippen LogP contribution < -0.4 is 11.3 Å². The van der Waals surface area contributed by atoms with Crippen molar-refractivity contribution in [2.75, 3.05) is 0 Å². The van der Waals surface area contributed by atoms with Crippen molar-refractivity contribution in [1.82, 2.24) is 0 Å². The molecular weight excluding hydrogens is 388 g/mol. The summed E-state index contributed by atoms with van der Waals surface area (Å²) in [7, 11) is 0. The van der Waals surface area contributed by atoms with E-state index in [2.05, 4.69) is 15.9 Å². The van der Waals surface area contributed by atoms with Crippen molar-refractivity contribution in [3.63, 3.8) is 0 Å². The van der Waals surface area contributed by atoms with Gasteiger partial charge in [-0.25, -0.2) is 9.59 Å². The molecule has 0 fully saturated rings. The minimum Gasteiger partial charge on any atom is -0.506 e. The van der Waals surface area contributed by atoms with E-state index in [-0.39, 0.29) is 27.7 Å². The second kappa shape index (κ2) is 4.61. The smallest absolute Gasteiger partial charge is 0.348 e. The Labute approximate surface area is 147 Å². The third-order valence-electron chi connectivity index (χ3n) is 4.64. The van der Waals surface area contributed by atoms with Gasteiger partial charge in [0.05, 0.1) is 5.39 Å². The van der Waals surface area contributed by atoms with Crippen molar-refractivity contribution in [3.05, 3.63) is 61.2 Å². The Morgan fingerprint density at radius 3 is 2.44 bits per heavy atom. The first kappa shape index (κ1) is 14.5. The first-order valence-corrected chi connectivity index (χ1v) is 8.34. The number of aryl methyl sites for hydroxylation is 1. The molecule has 0 spiro atoms. The topological polar surface area (TPSA) is 80.6 Å². The molecule has 0 bridgehead atoms. The number of phenols is 1. The van der Waals surface area contributed by atoms with Crippen molar-refractivity contribution in [2.45, 2.75) is 6.92 Å². The summed E-state index contributed by atoms with van der Waals surface area (Å²) >= 11 is 3.35. The Hall–Kier alpha value is -2.86. The molecule has 0 saturated heterocycles. The Morgan fingerprint density at radius 1 is 0.880 bits per heavy atom. The molecule has 0 radical (unpaired) electrons. The van der Waals surface area contributed by atoms with Gasteiger partial charge in [0.1, 0.15) is 22.3 Å². The van der Waals surface area contributed by atoms with Crippen molar-refractivity contribution in [3.8, 4) is 5.75 Å². The number of benzene rings is 3. The van der Waals surface area contributed by atoms with Crippen LogP contribution in [0, 0.1) is 6.92 Å². The van der Waals surface area contributed by atoms with Gasteiger partial charge in [0.25, 0.3) is 0 Å². The number of hydrogen-bond acceptors (Lipinski definition) is 5. The normalized spacial score (nSPS) is 12.1. The van der Waals surface area contributed by atoms with E-state index in [1.54, 1.807) is 24.3 Å². The van der Waals surface area contributed by atoms with Crippen molar-refractivity contribution in [2.24, 2.45) is 0 Å². The zero-order valence-corrected chi connectivity index (χ0v) is 14.4. The molecule has 0 atom stereocenters. The maximum atomic E-state index is 12.6. The monoisotopic (exact) mass is 396 g/mol. The molecular formula is C19H9BrO5. The predicted molar refractivity (Wildman–Crippen MR) is 98.8 cm³/mol. The first-order valence-electron chi connectivity index (χ1n) is 7.54. The molecule has 1 N–H and O–H groups in total. The number of phenolic OH excluding ortho intramolecular Hbond substituents is 1. The highest BCUT2D eigenvalue weighted by Gasteiger charge is 2.24. The summed E-state index contributed by atoms with van der Waals surface area (Å²) in [6.07, 6.45) is 0. The number of fused-ring (bicyclic) bond motifs is 2. The van der Waals surface area contributed by atoms with Crippen LogP contribution in [-0.2, 0) is 0 Å². The van der Waals surface area contributed by atoms with Crippen LogP contribution in [-0.4, -0.2) is 5.11 Å². The summed E-state index contributed by atoms with van der Waals surface area (Å²) in [6.45, 7) is 1.86. The fraction of sp³-hybridized carbons (Fsp3) is 0.0526. The molecule has 0 unspecified atom stereocenters. The fourth-order valence-corrected chi connectivity index (χ4v) is 4.08. The van der Waals surface area contributed by atoms with Gasteiger partial charge in [0.2, 0.25) is 0 Å². The van der Waals surface area contributed by atoms with Gasteiger partial charge in [0.15, 0.2) is 0 Å². The Balaban J connectivity index is 2.35. The van der Waals surface area contributed by atoms with E-state index in [1.165, 1.54) is 0 Å². The summed E-state index contributed by atoms with van der Waals surface area (Å²) < 4.78 is 11.5. The van der Waals surface area contributed by atoms with E-state index >= 15 is 0 Å². The first-order chi connectivity index (χ1) is 12.0. The molecule has 25 heavy (non-hydrogen) atoms. The van der Waals surface area contributed by atoms with Crippen LogP contribution in [0.5, 0.6) is 5.75 Å². The molecule has 5 rings (SSSR count). The second-order valence-electron chi connectivity index (χ2n) is 6.00. The van der Waals surface area contributed by atoms with Crippen LogP contribution in [0.4, 0.5) is 0 Å². The van der Waals surface area contributed by atoms with Crippen LogP contribution in [0.3, 0.4) is 0 Å². The third-order valence-corrected chi connectivity index (χ3v) is 5.30. The largest absolute Gasteiger partial charge is 0.506 e. The van der Waals surface area contributed by atoms with E-state index in [9.17, 15) is 14.7 Å². The molecule has 122 valence electrons. The molecule has 0 amide bonds. The van der Waals surface area contributed by atoms with Gasteiger partial charge in [-0.05, 0) is 40.5 Å². The van der Waals surface area contributed by atoms with Gasteiger partial charge in [0, 0.05) is 26.0 Å². The lowest BCUT2D eigenvalue weighted by Crippen LogP contribution is -2.07. The molecule has 5 aromatic rings. The van der Waals surface area contributed by atoms with E-state index in [1.807, 2.05) is 13.0 Å². The van der Waals surface area contributed by atoms with Crippen molar-refractivity contribution in [1.29, 1.82) is 0 Å². The van der Waals surface area contributed by atoms with Crippen molar-refractivity contribution >= 4 is 59.4 Å². The number of hydrogen-bond donors (Lipinski definition) is 1. The minimum atomic E-state index is -0.670. The third kappa shape index (κ3) is 1.67. The van der Waals surface area contributed by atoms with Gasteiger partial charge < -0.3 is 13.9 Å². The van der Waals surface area contributed by atoms with Crippen LogP contribution in [0.25, 0.3) is 43.5 Å². The standard InChI is InChI=1S/C19H9BrO5/c1-7-3-2-4-8-11(7)17-14-13-10(24-19(23)15(14)16(8)21)6-5-9(20)12(13)18(22)25-17/h2-6,21H,1H3. The maximum absolute atomic E-state index is 12.6. The lowest BCUT2D eigenvalue weighted by Gasteiger charge is -2.13. The molecule has 6 heteroatoms. The number of rotatable bonds is 0. The molecule has 0 aliphatic rings. The average Bonchev–Trinajstić information content (AvgIpc) is 2.57. The van der Waals surface area contributed by atoms with E-state index in [0.717, 1.165) is 5.56 Å². The second-order valence-corrected chi connectivity index (χ2v) is 6.85. The highest BCUT2D eigenvalue weighted by molar-refractivity contribution is 9.10. The van der Waals surface area contributed by atoms with Crippen LogP contribution >= 0.6 is 15.9 Å². The Kier molecular flexibility index (Phi) is 2.67. The SMILES string of the molecule is Cc1cccc2c(O)c3c(=O)oc4ccc(Br)c5c(=O)oc(c12)c3c45. The zero-order chi connectivity index (χ0) is 17.5. The summed E-state index contributed by atoms with van der Waals surface area (Å²) in [5, 5.41) is 13.0.